The van der Waals surface area contributed by atoms with Crippen LogP contribution in [0.1, 0.15) is 68.0 Å². The van der Waals surface area contributed by atoms with Gasteiger partial charge in [0, 0.05) is 24.8 Å². The molecule has 1 aliphatic rings. The van der Waals surface area contributed by atoms with Gasteiger partial charge in [-0.15, -0.1) is 0 Å². The van der Waals surface area contributed by atoms with Gasteiger partial charge in [0.05, 0.1) is 0 Å². The number of aromatic amines is 1. The molecule has 1 aromatic heterocycles. The van der Waals surface area contributed by atoms with Crippen LogP contribution in [-0.2, 0) is 4.79 Å². The fourth-order valence-corrected chi connectivity index (χ4v) is 5.24. The second kappa shape index (κ2) is 13.4. The monoisotopic (exact) mass is 518 g/mol. The number of hydrogen-bond donors (Lipinski definition) is 2. The standard InChI is InChI=1S/C31H39FN4O2/c1-3-35(4-2)21-22-36(31(38)28-20-19-27(34-28)23-11-7-5-8-12-23)29(24-15-17-25(32)18-16-24)30(37)33-26-13-9-6-10-14-26/h5,7-8,11-12,15-20,26,29,34H,3-4,6,9-10,13-14,21-22H2,1-2H3,(H,33,37)/t29-/m0/s1. The van der Waals surface area contributed by atoms with Crippen LogP contribution in [0.5, 0.6) is 0 Å². The largest absolute Gasteiger partial charge is 0.351 e. The van der Waals surface area contributed by atoms with E-state index >= 15 is 0 Å². The Bertz CT molecular complexity index is 1170. The molecule has 0 radical (unpaired) electrons. The van der Waals surface area contributed by atoms with E-state index in [1.54, 1.807) is 23.1 Å². The molecule has 1 atom stereocenters. The predicted octanol–water partition coefficient (Wildman–Crippen LogP) is 5.80. The molecule has 0 saturated heterocycles. The summed E-state index contributed by atoms with van der Waals surface area (Å²) in [6, 6.07) is 18.6. The molecule has 0 spiro atoms. The Hall–Kier alpha value is -3.45. The number of nitrogens with one attached hydrogen (secondary N) is 2. The average molecular weight is 519 g/mol. The van der Waals surface area contributed by atoms with Crippen LogP contribution in [0, 0.1) is 5.82 Å². The highest BCUT2D eigenvalue weighted by Gasteiger charge is 2.34. The zero-order valence-electron chi connectivity index (χ0n) is 22.5. The molecule has 0 aliphatic heterocycles. The molecule has 7 heteroatoms. The van der Waals surface area contributed by atoms with Gasteiger partial charge in [0.2, 0.25) is 5.91 Å². The summed E-state index contributed by atoms with van der Waals surface area (Å²) in [5, 5.41) is 3.22. The average Bonchev–Trinajstić information content (AvgIpc) is 3.45. The molecule has 4 rings (SSSR count). The van der Waals surface area contributed by atoms with Crippen molar-refractivity contribution in [2.24, 2.45) is 0 Å². The first-order valence-electron chi connectivity index (χ1n) is 13.8. The summed E-state index contributed by atoms with van der Waals surface area (Å²) >= 11 is 0. The van der Waals surface area contributed by atoms with Gasteiger partial charge < -0.3 is 20.1 Å². The van der Waals surface area contributed by atoms with Crippen LogP contribution in [0.25, 0.3) is 11.3 Å². The number of carbonyl (C=O) groups excluding carboxylic acids is 2. The molecule has 2 amide bonds. The minimum Gasteiger partial charge on any atom is -0.351 e. The highest BCUT2D eigenvalue weighted by molar-refractivity contribution is 5.97. The summed E-state index contributed by atoms with van der Waals surface area (Å²) in [4.78, 5) is 35.1. The van der Waals surface area contributed by atoms with Crippen molar-refractivity contribution in [3.05, 3.63) is 83.8 Å². The van der Waals surface area contributed by atoms with Gasteiger partial charge in [-0.3, -0.25) is 9.59 Å². The van der Waals surface area contributed by atoms with Gasteiger partial charge in [-0.05, 0) is 61.3 Å². The first-order chi connectivity index (χ1) is 18.5. The third-order valence-electron chi connectivity index (χ3n) is 7.51. The predicted molar refractivity (Wildman–Crippen MR) is 149 cm³/mol. The minimum absolute atomic E-state index is 0.0918. The van der Waals surface area contributed by atoms with Crippen molar-refractivity contribution < 1.29 is 14.0 Å². The maximum Gasteiger partial charge on any atom is 0.271 e. The zero-order chi connectivity index (χ0) is 26.9. The lowest BCUT2D eigenvalue weighted by atomic mass is 9.94. The van der Waals surface area contributed by atoms with Gasteiger partial charge in [-0.25, -0.2) is 4.39 Å². The molecule has 38 heavy (non-hydrogen) atoms. The number of likely N-dealkylation sites (N-methyl/N-ethyl adjacent to an activating group) is 1. The zero-order valence-corrected chi connectivity index (χ0v) is 22.5. The Morgan fingerprint density at radius 3 is 2.26 bits per heavy atom. The Morgan fingerprint density at radius 1 is 0.921 bits per heavy atom. The van der Waals surface area contributed by atoms with Gasteiger partial charge in [0.25, 0.3) is 5.91 Å². The molecular formula is C31H39FN4O2. The number of hydrogen-bond acceptors (Lipinski definition) is 3. The van der Waals surface area contributed by atoms with Crippen LogP contribution in [0.4, 0.5) is 4.39 Å². The van der Waals surface area contributed by atoms with Crippen molar-refractivity contribution in [3.63, 3.8) is 0 Å². The molecule has 2 aromatic carbocycles. The Balaban J connectivity index is 1.68. The van der Waals surface area contributed by atoms with E-state index in [-0.39, 0.29) is 23.7 Å². The molecule has 202 valence electrons. The number of carbonyl (C=O) groups is 2. The third-order valence-corrected chi connectivity index (χ3v) is 7.51. The maximum absolute atomic E-state index is 14.1. The van der Waals surface area contributed by atoms with Crippen molar-refractivity contribution >= 4 is 11.8 Å². The number of nitrogens with zero attached hydrogens (tertiary/aromatic N) is 2. The highest BCUT2D eigenvalue weighted by Crippen LogP contribution is 2.27. The molecule has 3 aromatic rings. The van der Waals surface area contributed by atoms with Gasteiger partial charge in [-0.1, -0.05) is 75.6 Å². The van der Waals surface area contributed by atoms with Crippen molar-refractivity contribution in [2.75, 3.05) is 26.2 Å². The lowest BCUT2D eigenvalue weighted by Crippen LogP contribution is -2.49. The number of amides is 2. The van der Waals surface area contributed by atoms with Gasteiger partial charge in [0.15, 0.2) is 0 Å². The van der Waals surface area contributed by atoms with Crippen molar-refractivity contribution in [1.29, 1.82) is 0 Å². The highest BCUT2D eigenvalue weighted by atomic mass is 19.1. The summed E-state index contributed by atoms with van der Waals surface area (Å²) < 4.78 is 13.9. The van der Waals surface area contributed by atoms with Crippen LogP contribution >= 0.6 is 0 Å². The summed E-state index contributed by atoms with van der Waals surface area (Å²) in [5.41, 5.74) is 2.83. The van der Waals surface area contributed by atoms with E-state index < -0.39 is 6.04 Å². The summed E-state index contributed by atoms with van der Waals surface area (Å²) in [7, 11) is 0. The van der Waals surface area contributed by atoms with Crippen LogP contribution in [0.3, 0.4) is 0 Å². The van der Waals surface area contributed by atoms with Crippen LogP contribution in [-0.4, -0.2) is 58.8 Å². The normalized spacial score (nSPS) is 14.8. The molecule has 2 N–H and O–H groups in total. The van der Waals surface area contributed by atoms with E-state index in [1.807, 2.05) is 36.4 Å². The number of benzene rings is 2. The van der Waals surface area contributed by atoms with Gasteiger partial charge in [0.1, 0.15) is 17.6 Å². The number of H-pyrrole nitrogens is 1. The van der Waals surface area contributed by atoms with Crippen molar-refractivity contribution in [1.82, 2.24) is 20.1 Å². The van der Waals surface area contributed by atoms with Gasteiger partial charge >= 0.3 is 0 Å². The Labute approximate surface area is 225 Å². The lowest BCUT2D eigenvalue weighted by Gasteiger charge is -2.34. The molecule has 0 bridgehead atoms. The van der Waals surface area contributed by atoms with Crippen molar-refractivity contribution in [3.8, 4) is 11.3 Å². The lowest BCUT2D eigenvalue weighted by molar-refractivity contribution is -0.127. The molecular weight excluding hydrogens is 479 g/mol. The summed E-state index contributed by atoms with van der Waals surface area (Å²) in [6.45, 7) is 6.84. The minimum atomic E-state index is -0.871. The topological polar surface area (TPSA) is 68.4 Å². The SMILES string of the molecule is CCN(CC)CCN(C(=O)c1ccc(-c2ccccc2)[nH]1)[C@H](C(=O)NC1CCCCC1)c1ccc(F)cc1. The number of rotatable bonds is 11. The summed E-state index contributed by atoms with van der Waals surface area (Å²) in [5.74, 6) is -0.850. The fraction of sp³-hybridized carbons (Fsp3) is 0.419. The number of aromatic nitrogens is 1. The first kappa shape index (κ1) is 27.6. The van der Waals surface area contributed by atoms with Crippen LogP contribution < -0.4 is 5.32 Å². The quantitative estimate of drug-likeness (QED) is 0.337. The first-order valence-corrected chi connectivity index (χ1v) is 13.8. The smallest absolute Gasteiger partial charge is 0.271 e. The van der Waals surface area contributed by atoms with E-state index in [1.165, 1.54) is 18.6 Å². The second-order valence-corrected chi connectivity index (χ2v) is 9.97. The van der Waals surface area contributed by atoms with E-state index in [0.29, 0.717) is 24.3 Å². The van der Waals surface area contributed by atoms with Gasteiger partial charge in [-0.2, -0.15) is 0 Å². The third kappa shape index (κ3) is 6.90. The van der Waals surface area contributed by atoms with Crippen molar-refractivity contribution in [2.45, 2.75) is 58.0 Å². The van der Waals surface area contributed by atoms with Crippen LogP contribution in [0.15, 0.2) is 66.7 Å². The number of halogens is 1. The molecule has 1 fully saturated rings. The molecule has 1 saturated carbocycles. The molecule has 0 unspecified atom stereocenters. The summed E-state index contributed by atoms with van der Waals surface area (Å²) in [6.07, 6.45) is 5.22. The van der Waals surface area contributed by atoms with E-state index in [9.17, 15) is 14.0 Å². The second-order valence-electron chi connectivity index (χ2n) is 9.97. The van der Waals surface area contributed by atoms with E-state index in [0.717, 1.165) is 50.0 Å². The molecule has 1 heterocycles. The van der Waals surface area contributed by atoms with E-state index in [4.69, 9.17) is 0 Å². The Kier molecular flexibility index (Phi) is 9.71. The molecule has 6 nitrogen and oxygen atoms in total. The van der Waals surface area contributed by atoms with Crippen LogP contribution in [0.2, 0.25) is 0 Å². The fourth-order valence-electron chi connectivity index (χ4n) is 5.24. The Morgan fingerprint density at radius 2 is 1.61 bits per heavy atom. The van der Waals surface area contributed by atoms with E-state index in [2.05, 4.69) is 29.0 Å². The molecule has 1 aliphatic carbocycles. The maximum atomic E-state index is 14.1.